The van der Waals surface area contributed by atoms with E-state index in [0.29, 0.717) is 35.1 Å². The van der Waals surface area contributed by atoms with Crippen LogP contribution in [-0.2, 0) is 32.0 Å². The van der Waals surface area contributed by atoms with E-state index in [1.807, 2.05) is 0 Å². The highest BCUT2D eigenvalue weighted by Gasteiger charge is 2.31. The van der Waals surface area contributed by atoms with Crippen LogP contribution >= 0.6 is 37.2 Å². The van der Waals surface area contributed by atoms with E-state index in [1.54, 1.807) is 24.3 Å². The molecule has 1 aliphatic rings. The Kier molecular flexibility index (Phi) is 20.8. The largest absolute Gasteiger partial charge is 0.508 e. The fourth-order valence-corrected chi connectivity index (χ4v) is 5.03. The van der Waals surface area contributed by atoms with Crippen LogP contribution in [0.3, 0.4) is 0 Å². The second kappa shape index (κ2) is 22.3. The quantitative estimate of drug-likeness (QED) is 0.123. The van der Waals surface area contributed by atoms with Gasteiger partial charge in [-0.15, -0.1) is 37.2 Å². The van der Waals surface area contributed by atoms with E-state index in [4.69, 9.17) is 22.3 Å². The summed E-state index contributed by atoms with van der Waals surface area (Å²) in [5, 5.41) is 50.4. The number of phenols is 2. The third kappa shape index (κ3) is 13.4. The van der Waals surface area contributed by atoms with Gasteiger partial charge < -0.3 is 58.9 Å². The fourth-order valence-electron chi connectivity index (χ4n) is 5.03. The van der Waals surface area contributed by atoms with Gasteiger partial charge in [0.25, 0.3) is 0 Å². The average molecular weight is 753 g/mol. The van der Waals surface area contributed by atoms with Gasteiger partial charge in [0, 0.05) is 19.4 Å². The van der Waals surface area contributed by atoms with Crippen LogP contribution in [0, 0.1) is 0 Å². The van der Waals surface area contributed by atoms with Gasteiger partial charge >= 0.3 is 0 Å². The molecule has 5 atom stereocenters. The second-order valence-electron chi connectivity index (χ2n) is 11.3. The van der Waals surface area contributed by atoms with Crippen molar-refractivity contribution in [1.82, 2.24) is 21.3 Å². The molecule has 4 amide bonds. The van der Waals surface area contributed by atoms with Crippen LogP contribution in [0.1, 0.15) is 36.8 Å². The standard InChI is InChI=1S/C31H45N7O8.3ClH/c32-9-1-3-23(29(44)35-15-21(40)16-39)37-31(46)25-14-20-12-18(6-8-27(20)42)17-5-7-26(41)19(11-17)13-22(34)28(43)36-24(4-2-10-33)30(45)38-25;;;/h5-8,11-12,21-25,39-42H,1-4,9-10,13-16,32-34H2,(H,35,44)(H,36,43)(H,37,46)(H,38,45);3*1H/t21?,22-,23-,24-,25-;;;/m0.../s1. The summed E-state index contributed by atoms with van der Waals surface area (Å²) in [5.74, 6) is -2.97. The van der Waals surface area contributed by atoms with Crippen molar-refractivity contribution in [1.29, 1.82) is 0 Å². The van der Waals surface area contributed by atoms with Crippen molar-refractivity contribution in [2.75, 3.05) is 26.2 Å². The van der Waals surface area contributed by atoms with Crippen molar-refractivity contribution >= 4 is 60.8 Å². The van der Waals surface area contributed by atoms with Crippen LogP contribution in [-0.4, -0.2) is 101 Å². The van der Waals surface area contributed by atoms with Gasteiger partial charge in [0.05, 0.1) is 18.8 Å². The molecule has 2 aromatic carbocycles. The maximum Gasteiger partial charge on any atom is 0.243 e. The van der Waals surface area contributed by atoms with Gasteiger partial charge in [-0.1, -0.05) is 12.1 Å². The van der Waals surface area contributed by atoms with Gasteiger partial charge in [0.15, 0.2) is 0 Å². The van der Waals surface area contributed by atoms with Crippen LogP contribution in [0.15, 0.2) is 36.4 Å². The van der Waals surface area contributed by atoms with Gasteiger partial charge in [-0.3, -0.25) is 19.2 Å². The molecule has 15 nitrogen and oxygen atoms in total. The molecule has 1 aliphatic heterocycles. The molecule has 0 aliphatic carbocycles. The van der Waals surface area contributed by atoms with Gasteiger partial charge in [0.2, 0.25) is 23.6 Å². The van der Waals surface area contributed by atoms with Gasteiger partial charge in [-0.25, -0.2) is 0 Å². The van der Waals surface area contributed by atoms with E-state index in [0.717, 1.165) is 0 Å². The molecular formula is C31H48Cl3N7O8. The number of aliphatic hydroxyl groups is 2. The van der Waals surface area contributed by atoms with Crippen LogP contribution in [0.2, 0.25) is 0 Å². The highest BCUT2D eigenvalue weighted by molar-refractivity contribution is 5.95. The highest BCUT2D eigenvalue weighted by Crippen LogP contribution is 2.31. The zero-order chi connectivity index (χ0) is 33.8. The molecule has 2 aromatic rings. The molecular weight excluding hydrogens is 705 g/mol. The predicted octanol–water partition coefficient (Wildman–Crippen LogP) is -1.14. The van der Waals surface area contributed by atoms with Crippen LogP contribution in [0.5, 0.6) is 11.5 Å². The molecule has 3 rings (SSSR count). The number of nitrogens with one attached hydrogen (secondary N) is 4. The monoisotopic (exact) mass is 751 g/mol. The first kappa shape index (κ1) is 45.6. The van der Waals surface area contributed by atoms with Gasteiger partial charge in [0.1, 0.15) is 29.6 Å². The number of nitrogens with two attached hydrogens (primary N) is 3. The Hall–Kier alpha value is -3.41. The number of aliphatic hydroxyl groups excluding tert-OH is 2. The van der Waals surface area contributed by atoms with Crippen molar-refractivity contribution in [3.63, 3.8) is 0 Å². The maximum atomic E-state index is 13.8. The minimum absolute atomic E-state index is 0. The summed E-state index contributed by atoms with van der Waals surface area (Å²) in [6.45, 7) is -0.382. The Bertz CT molecular complexity index is 1390. The Balaban J connectivity index is 0.00000768. The summed E-state index contributed by atoms with van der Waals surface area (Å²) in [7, 11) is 0. The molecule has 1 unspecified atom stereocenters. The van der Waals surface area contributed by atoms with Crippen molar-refractivity contribution in [3.05, 3.63) is 47.5 Å². The number of carbonyl (C=O) groups is 4. The average Bonchev–Trinajstić information content (AvgIpc) is 3.04. The first-order chi connectivity index (χ1) is 22.0. The summed E-state index contributed by atoms with van der Waals surface area (Å²) in [6, 6.07) is 4.85. The van der Waals surface area contributed by atoms with Crippen LogP contribution < -0.4 is 38.5 Å². The molecule has 0 spiro atoms. The molecule has 49 heavy (non-hydrogen) atoms. The zero-order valence-corrected chi connectivity index (χ0v) is 29.3. The number of halogens is 3. The van der Waals surface area contributed by atoms with Crippen LogP contribution in [0.4, 0.5) is 0 Å². The zero-order valence-electron chi connectivity index (χ0n) is 26.8. The number of carbonyl (C=O) groups excluding carboxylic acids is 4. The molecule has 0 radical (unpaired) electrons. The molecule has 0 saturated carbocycles. The smallest absolute Gasteiger partial charge is 0.243 e. The van der Waals surface area contributed by atoms with E-state index in [1.165, 1.54) is 12.1 Å². The Morgan fingerprint density at radius 3 is 2.00 bits per heavy atom. The summed E-state index contributed by atoms with van der Waals surface area (Å²) in [5.41, 5.74) is 19.5. The molecule has 0 saturated heterocycles. The summed E-state index contributed by atoms with van der Waals surface area (Å²) in [4.78, 5) is 53.4. The van der Waals surface area contributed by atoms with E-state index in [2.05, 4.69) is 21.3 Å². The minimum Gasteiger partial charge on any atom is -0.508 e. The molecule has 18 heteroatoms. The lowest BCUT2D eigenvalue weighted by Crippen LogP contribution is -2.58. The Morgan fingerprint density at radius 1 is 0.878 bits per heavy atom. The predicted molar refractivity (Wildman–Crippen MR) is 191 cm³/mol. The minimum atomic E-state index is -1.32. The molecule has 0 fully saturated rings. The maximum absolute atomic E-state index is 13.8. The van der Waals surface area contributed by atoms with Crippen molar-refractivity contribution in [2.45, 2.75) is 68.8 Å². The summed E-state index contributed by atoms with van der Waals surface area (Å²) in [6.07, 6.45) is -0.444. The van der Waals surface area contributed by atoms with Gasteiger partial charge in [-0.2, -0.15) is 0 Å². The molecule has 0 aromatic heterocycles. The number of rotatable bonds is 12. The van der Waals surface area contributed by atoms with E-state index in [9.17, 15) is 34.5 Å². The van der Waals surface area contributed by atoms with Crippen LogP contribution in [0.25, 0.3) is 11.1 Å². The molecule has 14 N–H and O–H groups in total. The van der Waals surface area contributed by atoms with E-state index in [-0.39, 0.29) is 94.0 Å². The SMILES string of the molecule is Cl.Cl.Cl.NCCC[C@H](NC(=O)[C@@H]1Cc2cc(ccc2O)-c2ccc(O)c(c2)C[C@H](N)C(=O)N[C@@H](CCCN)C(=O)N1)C(=O)NCC(O)CO. The number of fused-ring (bicyclic) bond motifs is 5. The fraction of sp³-hybridized carbons (Fsp3) is 0.484. The number of hydrogen-bond donors (Lipinski definition) is 11. The van der Waals surface area contributed by atoms with Crippen molar-refractivity contribution < 1.29 is 39.6 Å². The number of aromatic hydroxyl groups is 2. The second-order valence-corrected chi connectivity index (χ2v) is 11.3. The first-order valence-electron chi connectivity index (χ1n) is 15.2. The molecule has 276 valence electrons. The van der Waals surface area contributed by atoms with E-state index < -0.39 is 60.5 Å². The third-order valence-electron chi connectivity index (χ3n) is 7.71. The lowest BCUT2D eigenvalue weighted by Gasteiger charge is -2.26. The van der Waals surface area contributed by atoms with Gasteiger partial charge in [-0.05, 0) is 85.3 Å². The summed E-state index contributed by atoms with van der Waals surface area (Å²) >= 11 is 0. The first-order valence-corrected chi connectivity index (χ1v) is 15.2. The normalized spacial score (nSPS) is 18.7. The van der Waals surface area contributed by atoms with E-state index >= 15 is 0 Å². The lowest BCUT2D eigenvalue weighted by molar-refractivity contribution is -0.134. The number of benzene rings is 2. The summed E-state index contributed by atoms with van der Waals surface area (Å²) < 4.78 is 0. The molecule has 4 bridgehead atoms. The Morgan fingerprint density at radius 2 is 1.45 bits per heavy atom. The van der Waals surface area contributed by atoms with Crippen molar-refractivity contribution in [2.24, 2.45) is 17.2 Å². The lowest BCUT2D eigenvalue weighted by atomic mass is 9.95. The van der Waals surface area contributed by atoms with Crippen molar-refractivity contribution in [3.8, 4) is 22.6 Å². The third-order valence-corrected chi connectivity index (χ3v) is 7.71. The number of hydrogen-bond acceptors (Lipinski definition) is 11. The topological polar surface area (TPSA) is 275 Å². The number of phenolic OH excluding ortho intramolecular Hbond substituents is 2. The number of amides is 4. The molecule has 1 heterocycles. The highest BCUT2D eigenvalue weighted by atomic mass is 35.5. The Labute approximate surface area is 303 Å².